The van der Waals surface area contributed by atoms with Crippen molar-refractivity contribution in [3.8, 4) is 0 Å². The number of hydrogen-bond donors (Lipinski definition) is 2. The minimum Gasteiger partial charge on any atom is -0.480 e. The lowest BCUT2D eigenvalue weighted by Crippen LogP contribution is -2.41. The van der Waals surface area contributed by atoms with Crippen molar-refractivity contribution in [2.45, 2.75) is 51.5 Å². The van der Waals surface area contributed by atoms with E-state index in [1.165, 1.54) is 0 Å². The van der Waals surface area contributed by atoms with E-state index >= 15 is 0 Å². The Kier molecular flexibility index (Phi) is 7.43. The molecule has 2 N–H and O–H groups in total. The van der Waals surface area contributed by atoms with Gasteiger partial charge in [0.05, 0.1) is 0 Å². The van der Waals surface area contributed by atoms with Crippen LogP contribution in [0.4, 0.5) is 0 Å². The van der Waals surface area contributed by atoms with Crippen LogP contribution in [0.25, 0.3) is 0 Å². The van der Waals surface area contributed by atoms with Crippen LogP contribution in [0.2, 0.25) is 0 Å². The number of rotatable bonds is 8. The van der Waals surface area contributed by atoms with Crippen LogP contribution in [-0.2, 0) is 9.59 Å². The molecule has 2 atom stereocenters. The van der Waals surface area contributed by atoms with Crippen LogP contribution >= 0.6 is 15.9 Å². The molecule has 0 bridgehead atoms. The highest BCUT2D eigenvalue weighted by atomic mass is 79.9. The molecule has 116 valence electrons. The van der Waals surface area contributed by atoms with Crippen molar-refractivity contribution in [2.24, 2.45) is 0 Å². The van der Waals surface area contributed by atoms with E-state index < -0.39 is 12.0 Å². The zero-order chi connectivity index (χ0) is 15.8. The third-order valence-electron chi connectivity index (χ3n) is 3.41. The molecular weight excluding hydrogens is 334 g/mol. The van der Waals surface area contributed by atoms with Crippen molar-refractivity contribution in [1.29, 1.82) is 0 Å². The second kappa shape index (κ2) is 8.82. The SMILES string of the molecule is CCCCC(NC(=O)CC(C)c1ccc(Br)cc1)C(=O)O. The van der Waals surface area contributed by atoms with Gasteiger partial charge in [0.25, 0.3) is 0 Å². The predicted molar refractivity (Wildman–Crippen MR) is 86.3 cm³/mol. The number of carboxylic acids is 1. The highest BCUT2D eigenvalue weighted by molar-refractivity contribution is 9.10. The first-order valence-corrected chi connectivity index (χ1v) is 8.01. The van der Waals surface area contributed by atoms with Gasteiger partial charge in [0.1, 0.15) is 6.04 Å². The second-order valence-corrected chi connectivity index (χ2v) is 6.17. The molecule has 1 aromatic carbocycles. The first kappa shape index (κ1) is 17.7. The van der Waals surface area contributed by atoms with Crippen molar-refractivity contribution < 1.29 is 14.7 Å². The monoisotopic (exact) mass is 355 g/mol. The summed E-state index contributed by atoms with van der Waals surface area (Å²) in [5, 5.41) is 11.7. The van der Waals surface area contributed by atoms with E-state index in [4.69, 9.17) is 5.11 Å². The van der Waals surface area contributed by atoms with E-state index in [2.05, 4.69) is 21.2 Å². The van der Waals surface area contributed by atoms with E-state index in [1.54, 1.807) is 0 Å². The van der Waals surface area contributed by atoms with Crippen molar-refractivity contribution in [3.63, 3.8) is 0 Å². The van der Waals surface area contributed by atoms with E-state index in [1.807, 2.05) is 38.1 Å². The van der Waals surface area contributed by atoms with E-state index in [9.17, 15) is 9.59 Å². The lowest BCUT2D eigenvalue weighted by atomic mass is 9.97. The van der Waals surface area contributed by atoms with E-state index in [-0.39, 0.29) is 18.2 Å². The lowest BCUT2D eigenvalue weighted by molar-refractivity contribution is -0.142. The molecule has 0 aliphatic carbocycles. The molecule has 0 fully saturated rings. The van der Waals surface area contributed by atoms with Gasteiger partial charge in [-0.1, -0.05) is 54.8 Å². The van der Waals surface area contributed by atoms with Crippen molar-refractivity contribution in [3.05, 3.63) is 34.3 Å². The highest BCUT2D eigenvalue weighted by Crippen LogP contribution is 2.21. The molecule has 0 saturated carbocycles. The Balaban J connectivity index is 2.54. The molecule has 1 amide bonds. The number of nitrogens with one attached hydrogen (secondary N) is 1. The maximum absolute atomic E-state index is 12.0. The minimum atomic E-state index is -0.965. The molecule has 0 saturated heterocycles. The largest absolute Gasteiger partial charge is 0.480 e. The number of unbranched alkanes of at least 4 members (excludes halogenated alkanes) is 1. The van der Waals surface area contributed by atoms with Gasteiger partial charge in [-0.15, -0.1) is 0 Å². The predicted octanol–water partition coefficient (Wildman–Crippen LogP) is 3.70. The smallest absolute Gasteiger partial charge is 0.326 e. The average Bonchev–Trinajstić information content (AvgIpc) is 2.43. The van der Waals surface area contributed by atoms with Gasteiger partial charge in [-0.3, -0.25) is 4.79 Å². The summed E-state index contributed by atoms with van der Waals surface area (Å²) in [4.78, 5) is 23.1. The molecule has 0 radical (unpaired) electrons. The average molecular weight is 356 g/mol. The van der Waals surface area contributed by atoms with Crippen LogP contribution in [0.1, 0.15) is 51.0 Å². The molecule has 0 aliphatic heterocycles. The Morgan fingerprint density at radius 3 is 2.43 bits per heavy atom. The van der Waals surface area contributed by atoms with Crippen LogP contribution in [0.15, 0.2) is 28.7 Å². The Morgan fingerprint density at radius 1 is 1.29 bits per heavy atom. The molecular formula is C16H22BrNO3. The van der Waals surface area contributed by atoms with E-state index in [0.717, 1.165) is 22.9 Å². The van der Waals surface area contributed by atoms with Gasteiger partial charge >= 0.3 is 5.97 Å². The quantitative estimate of drug-likeness (QED) is 0.746. The third-order valence-corrected chi connectivity index (χ3v) is 3.94. The summed E-state index contributed by atoms with van der Waals surface area (Å²) < 4.78 is 0.994. The topological polar surface area (TPSA) is 66.4 Å². The normalized spacial score (nSPS) is 13.5. The summed E-state index contributed by atoms with van der Waals surface area (Å²) in [6, 6.07) is 7.02. The van der Waals surface area contributed by atoms with Crippen LogP contribution in [0.3, 0.4) is 0 Å². The van der Waals surface area contributed by atoms with Gasteiger partial charge in [-0.25, -0.2) is 4.79 Å². The molecule has 1 rings (SSSR count). The molecule has 0 heterocycles. The van der Waals surface area contributed by atoms with Crippen LogP contribution in [0, 0.1) is 0 Å². The summed E-state index contributed by atoms with van der Waals surface area (Å²) in [6.45, 7) is 3.96. The molecule has 2 unspecified atom stereocenters. The molecule has 0 aromatic heterocycles. The molecule has 21 heavy (non-hydrogen) atoms. The molecule has 1 aromatic rings. The van der Waals surface area contributed by atoms with Crippen molar-refractivity contribution in [1.82, 2.24) is 5.32 Å². The summed E-state index contributed by atoms with van der Waals surface area (Å²) >= 11 is 3.37. The van der Waals surface area contributed by atoms with Crippen LogP contribution < -0.4 is 5.32 Å². The Hall–Kier alpha value is -1.36. The fourth-order valence-electron chi connectivity index (χ4n) is 2.11. The summed E-state index contributed by atoms with van der Waals surface area (Å²) in [5.41, 5.74) is 1.06. The van der Waals surface area contributed by atoms with Crippen LogP contribution in [-0.4, -0.2) is 23.0 Å². The fraction of sp³-hybridized carbons (Fsp3) is 0.500. The Morgan fingerprint density at radius 2 is 1.90 bits per heavy atom. The Labute approximate surface area is 134 Å². The Bertz CT molecular complexity index is 473. The van der Waals surface area contributed by atoms with Gasteiger partial charge in [-0.05, 0) is 30.0 Å². The number of amides is 1. The summed E-state index contributed by atoms with van der Waals surface area (Å²) in [6.07, 6.45) is 2.47. The summed E-state index contributed by atoms with van der Waals surface area (Å²) in [5.74, 6) is -1.12. The molecule has 4 nitrogen and oxygen atoms in total. The molecule has 5 heteroatoms. The number of hydrogen-bond acceptors (Lipinski definition) is 2. The number of aliphatic carboxylic acids is 1. The second-order valence-electron chi connectivity index (χ2n) is 5.26. The maximum Gasteiger partial charge on any atom is 0.326 e. The number of carbonyl (C=O) groups excluding carboxylic acids is 1. The molecule has 0 aliphatic rings. The zero-order valence-corrected chi connectivity index (χ0v) is 14.0. The fourth-order valence-corrected chi connectivity index (χ4v) is 2.37. The molecule has 0 spiro atoms. The lowest BCUT2D eigenvalue weighted by Gasteiger charge is -2.16. The third kappa shape index (κ3) is 6.29. The van der Waals surface area contributed by atoms with Crippen LogP contribution in [0.5, 0.6) is 0 Å². The standard InChI is InChI=1S/C16H22BrNO3/c1-3-4-5-14(16(20)21)18-15(19)10-11(2)12-6-8-13(17)9-7-12/h6-9,11,14H,3-5,10H2,1-2H3,(H,18,19)(H,20,21). The number of benzene rings is 1. The first-order valence-electron chi connectivity index (χ1n) is 7.21. The summed E-state index contributed by atoms with van der Waals surface area (Å²) in [7, 11) is 0. The number of carboxylic acid groups (broad SMARTS) is 1. The van der Waals surface area contributed by atoms with Gasteiger partial charge in [0.2, 0.25) is 5.91 Å². The van der Waals surface area contributed by atoms with Gasteiger partial charge < -0.3 is 10.4 Å². The minimum absolute atomic E-state index is 0.0544. The zero-order valence-electron chi connectivity index (χ0n) is 12.4. The first-order chi connectivity index (χ1) is 9.93. The van der Waals surface area contributed by atoms with Gasteiger partial charge in [0.15, 0.2) is 0 Å². The van der Waals surface area contributed by atoms with E-state index in [0.29, 0.717) is 6.42 Å². The maximum atomic E-state index is 12.0. The highest BCUT2D eigenvalue weighted by Gasteiger charge is 2.20. The number of halogens is 1. The number of carbonyl (C=O) groups is 2. The van der Waals surface area contributed by atoms with Crippen molar-refractivity contribution >= 4 is 27.8 Å². The van der Waals surface area contributed by atoms with Crippen molar-refractivity contribution in [2.75, 3.05) is 0 Å². The van der Waals surface area contributed by atoms with Gasteiger partial charge in [-0.2, -0.15) is 0 Å². The van der Waals surface area contributed by atoms with Gasteiger partial charge in [0, 0.05) is 10.9 Å².